The molecule has 0 fully saturated rings. The van der Waals surface area contributed by atoms with Crippen LogP contribution in [0.2, 0.25) is 5.02 Å². The van der Waals surface area contributed by atoms with E-state index in [9.17, 15) is 8.42 Å². The van der Waals surface area contributed by atoms with Crippen molar-refractivity contribution in [1.82, 2.24) is 9.97 Å². The van der Waals surface area contributed by atoms with Gasteiger partial charge in [-0.3, -0.25) is 4.72 Å². The first-order valence-corrected chi connectivity index (χ1v) is 9.59. The Kier molecular flexibility index (Phi) is 4.99. The number of hydrogen-bond donors (Lipinski definition) is 2. The van der Waals surface area contributed by atoms with Gasteiger partial charge in [-0.2, -0.15) is 13.7 Å². The van der Waals surface area contributed by atoms with Gasteiger partial charge in [0, 0.05) is 5.56 Å². The van der Waals surface area contributed by atoms with Crippen LogP contribution < -0.4 is 10.5 Å². The van der Waals surface area contributed by atoms with E-state index in [4.69, 9.17) is 22.6 Å². The van der Waals surface area contributed by atoms with Crippen LogP contribution in [0.15, 0.2) is 53.6 Å². The third-order valence-corrected chi connectivity index (χ3v) is 5.28. The smallest absolute Gasteiger partial charge is 0.280 e. The molecule has 0 saturated heterocycles. The van der Waals surface area contributed by atoms with Gasteiger partial charge < -0.3 is 5.73 Å². The van der Waals surface area contributed by atoms with Crippen LogP contribution in [0.25, 0.3) is 11.3 Å². The van der Waals surface area contributed by atoms with Crippen LogP contribution in [0.5, 0.6) is 0 Å². The maximum atomic E-state index is 12.5. The zero-order chi connectivity index (χ0) is 19.6. The number of benzene rings is 1. The number of anilines is 2. The normalized spacial score (nSPS) is 11.0. The highest BCUT2D eigenvalue weighted by Crippen LogP contribution is 2.30. The van der Waals surface area contributed by atoms with Crippen LogP contribution in [0.1, 0.15) is 11.1 Å². The summed E-state index contributed by atoms with van der Waals surface area (Å²) in [6.45, 7) is 1.82. The molecule has 3 rings (SSSR count). The fourth-order valence-corrected chi connectivity index (χ4v) is 3.64. The summed E-state index contributed by atoms with van der Waals surface area (Å²) in [6.07, 6.45) is 0. The number of sulfonamides is 1. The molecule has 9 heteroatoms. The predicted octanol–water partition coefficient (Wildman–Crippen LogP) is 3.36. The van der Waals surface area contributed by atoms with Crippen molar-refractivity contribution in [3.63, 3.8) is 0 Å². The Morgan fingerprint density at radius 3 is 2.59 bits per heavy atom. The number of aromatic nitrogens is 2. The molecule has 0 bridgehead atoms. The monoisotopic (exact) mass is 399 g/mol. The van der Waals surface area contributed by atoms with Gasteiger partial charge >= 0.3 is 0 Å². The summed E-state index contributed by atoms with van der Waals surface area (Å²) in [5.74, 6) is 0.179. The molecule has 2 aromatic heterocycles. The second-order valence-corrected chi connectivity index (χ2v) is 7.71. The number of hydrogen-bond acceptors (Lipinski definition) is 6. The summed E-state index contributed by atoms with van der Waals surface area (Å²) < 4.78 is 27.4. The zero-order valence-corrected chi connectivity index (χ0v) is 15.7. The van der Waals surface area contributed by atoms with Crippen LogP contribution in [0, 0.1) is 18.3 Å². The number of nitrogens with one attached hydrogen (secondary N) is 1. The van der Waals surface area contributed by atoms with Gasteiger partial charge in [-0.25, -0.2) is 9.97 Å². The molecular formula is C18H14ClN5O2S. The van der Waals surface area contributed by atoms with Crippen LogP contribution >= 0.6 is 11.6 Å². The van der Waals surface area contributed by atoms with Gasteiger partial charge in [0.25, 0.3) is 10.0 Å². The van der Waals surface area contributed by atoms with Crippen molar-refractivity contribution in [1.29, 1.82) is 5.26 Å². The highest BCUT2D eigenvalue weighted by molar-refractivity contribution is 7.92. The third kappa shape index (κ3) is 4.00. The molecule has 27 heavy (non-hydrogen) atoms. The number of halogens is 1. The quantitative estimate of drug-likeness (QED) is 0.693. The maximum absolute atomic E-state index is 12.5. The van der Waals surface area contributed by atoms with Crippen molar-refractivity contribution in [2.75, 3.05) is 10.5 Å². The molecule has 0 aliphatic carbocycles. The highest BCUT2D eigenvalue weighted by atomic mass is 35.5. The summed E-state index contributed by atoms with van der Waals surface area (Å²) in [6, 6.07) is 14.5. The fourth-order valence-electron chi connectivity index (χ4n) is 2.46. The number of aryl methyl sites for hydroxylation is 1. The lowest BCUT2D eigenvalue weighted by atomic mass is 10.0. The Bertz CT molecular complexity index is 1170. The Balaban J connectivity index is 2.00. The van der Waals surface area contributed by atoms with E-state index in [1.54, 1.807) is 24.3 Å². The van der Waals surface area contributed by atoms with Gasteiger partial charge in [0.1, 0.15) is 11.6 Å². The molecule has 7 nitrogen and oxygen atoms in total. The molecule has 2 heterocycles. The van der Waals surface area contributed by atoms with Crippen molar-refractivity contribution in [3.8, 4) is 17.3 Å². The van der Waals surface area contributed by atoms with E-state index in [0.29, 0.717) is 21.8 Å². The van der Waals surface area contributed by atoms with Crippen LogP contribution in [0.3, 0.4) is 0 Å². The van der Waals surface area contributed by atoms with Gasteiger partial charge in [0.05, 0.1) is 22.3 Å². The molecular weight excluding hydrogens is 386 g/mol. The van der Waals surface area contributed by atoms with E-state index in [1.807, 2.05) is 6.92 Å². The average molecular weight is 400 g/mol. The van der Waals surface area contributed by atoms with E-state index in [-0.39, 0.29) is 16.7 Å². The molecule has 136 valence electrons. The lowest BCUT2D eigenvalue weighted by Crippen LogP contribution is -2.16. The van der Waals surface area contributed by atoms with Gasteiger partial charge in [0.15, 0.2) is 5.03 Å². The van der Waals surface area contributed by atoms with E-state index in [2.05, 4.69) is 20.8 Å². The maximum Gasteiger partial charge on any atom is 0.280 e. The summed E-state index contributed by atoms with van der Waals surface area (Å²) >= 11 is 6.25. The lowest BCUT2D eigenvalue weighted by molar-refractivity contribution is 0.597. The first-order chi connectivity index (χ1) is 12.8. The third-order valence-electron chi connectivity index (χ3n) is 3.72. The molecule has 3 N–H and O–H groups in total. The molecule has 0 aliphatic rings. The lowest BCUT2D eigenvalue weighted by Gasteiger charge is -2.11. The van der Waals surface area contributed by atoms with E-state index < -0.39 is 10.0 Å². The summed E-state index contributed by atoms with van der Waals surface area (Å²) in [5, 5.41) is 9.14. The van der Waals surface area contributed by atoms with Crippen molar-refractivity contribution in [2.45, 2.75) is 11.9 Å². The number of pyridine rings is 2. The standard InChI is InChI=1S/C18H14ClN5O2S/c1-11-9-12(10-20)5-6-13(11)18-14(19)7-8-16(23-18)24-27(25,26)17-4-2-3-15(21)22-17/h2-9H,1H3,(H2,21,22)(H,23,24). The fraction of sp³-hybridized carbons (Fsp3) is 0.0556. The Morgan fingerprint density at radius 2 is 1.93 bits per heavy atom. The SMILES string of the molecule is Cc1cc(C#N)ccc1-c1nc(NS(=O)(=O)c2cccc(N)n2)ccc1Cl. The molecule has 0 unspecified atom stereocenters. The van der Waals surface area contributed by atoms with Gasteiger partial charge in [-0.1, -0.05) is 23.7 Å². The van der Waals surface area contributed by atoms with Gasteiger partial charge in [-0.05, 0) is 48.9 Å². The number of rotatable bonds is 4. The summed E-state index contributed by atoms with van der Waals surface area (Å²) in [5.41, 5.74) is 7.95. The Labute approximate surface area is 161 Å². The van der Waals surface area contributed by atoms with E-state index in [0.717, 1.165) is 5.56 Å². The number of nitrogens with zero attached hydrogens (tertiary/aromatic N) is 3. The predicted molar refractivity (Wildman–Crippen MR) is 104 cm³/mol. The van der Waals surface area contributed by atoms with Crippen LogP contribution in [0.4, 0.5) is 11.6 Å². The molecule has 0 atom stereocenters. The topological polar surface area (TPSA) is 122 Å². The molecule has 0 radical (unpaired) electrons. The molecule has 0 amide bonds. The largest absolute Gasteiger partial charge is 0.384 e. The first kappa shape index (κ1) is 18.6. The second-order valence-electron chi connectivity index (χ2n) is 5.67. The van der Waals surface area contributed by atoms with Crippen LogP contribution in [-0.2, 0) is 10.0 Å². The second kappa shape index (κ2) is 7.23. The first-order valence-electron chi connectivity index (χ1n) is 7.73. The Morgan fingerprint density at radius 1 is 1.15 bits per heavy atom. The number of nitrogen functional groups attached to an aromatic ring is 1. The summed E-state index contributed by atoms with van der Waals surface area (Å²) in [7, 11) is -3.96. The highest BCUT2D eigenvalue weighted by Gasteiger charge is 2.18. The van der Waals surface area contributed by atoms with E-state index >= 15 is 0 Å². The Hall–Kier alpha value is -3.15. The minimum Gasteiger partial charge on any atom is -0.384 e. The summed E-state index contributed by atoms with van der Waals surface area (Å²) in [4.78, 5) is 8.14. The number of nitriles is 1. The minimum absolute atomic E-state index is 0.0855. The van der Waals surface area contributed by atoms with Crippen molar-refractivity contribution in [3.05, 3.63) is 64.7 Å². The van der Waals surface area contributed by atoms with Gasteiger partial charge in [0.2, 0.25) is 0 Å². The molecule has 0 spiro atoms. The average Bonchev–Trinajstić information content (AvgIpc) is 2.63. The van der Waals surface area contributed by atoms with Gasteiger partial charge in [-0.15, -0.1) is 0 Å². The zero-order valence-electron chi connectivity index (χ0n) is 14.1. The van der Waals surface area contributed by atoms with Crippen molar-refractivity contribution >= 4 is 33.3 Å². The molecule has 0 saturated carbocycles. The minimum atomic E-state index is -3.96. The van der Waals surface area contributed by atoms with Crippen LogP contribution in [-0.4, -0.2) is 18.4 Å². The van der Waals surface area contributed by atoms with Crippen molar-refractivity contribution < 1.29 is 8.42 Å². The molecule has 1 aromatic carbocycles. The number of nitrogens with two attached hydrogens (primary N) is 1. The van der Waals surface area contributed by atoms with E-state index in [1.165, 1.54) is 24.3 Å². The molecule has 3 aromatic rings. The molecule has 0 aliphatic heterocycles. The van der Waals surface area contributed by atoms with Crippen molar-refractivity contribution in [2.24, 2.45) is 0 Å².